The summed E-state index contributed by atoms with van der Waals surface area (Å²) in [6, 6.07) is 7.56. The molecule has 0 aliphatic rings. The molecule has 0 amide bonds. The molecule has 7 heteroatoms. The van der Waals surface area contributed by atoms with Gasteiger partial charge in [0.15, 0.2) is 0 Å². The third-order valence-electron chi connectivity index (χ3n) is 2.69. The third-order valence-corrected chi connectivity index (χ3v) is 2.69. The molecule has 0 aliphatic carbocycles. The number of hydrogen-bond acceptors (Lipinski definition) is 6. The average Bonchev–Trinajstić information content (AvgIpc) is 2.48. The SMILES string of the molecule is CCNc1cc(Oc2ccc([N+](=O)[O-])cc2)nc(CC)n1. The van der Waals surface area contributed by atoms with Crippen molar-refractivity contribution in [1.29, 1.82) is 0 Å². The number of aromatic nitrogens is 2. The number of hydrogen-bond donors (Lipinski definition) is 1. The lowest BCUT2D eigenvalue weighted by atomic mass is 10.3. The first-order chi connectivity index (χ1) is 10.1. The first-order valence-electron chi connectivity index (χ1n) is 6.66. The van der Waals surface area contributed by atoms with E-state index in [1.54, 1.807) is 18.2 Å². The predicted octanol–water partition coefficient (Wildman–Crippen LogP) is 3.17. The third kappa shape index (κ3) is 3.88. The zero-order valence-corrected chi connectivity index (χ0v) is 11.9. The molecule has 0 radical (unpaired) electrons. The lowest BCUT2D eigenvalue weighted by molar-refractivity contribution is -0.384. The highest BCUT2D eigenvalue weighted by molar-refractivity contribution is 5.41. The van der Waals surface area contributed by atoms with Crippen molar-refractivity contribution in [3.05, 3.63) is 46.3 Å². The standard InChI is InChI=1S/C14H16N4O3/c1-3-12-16-13(15-4-2)9-14(17-12)21-11-7-5-10(6-8-11)18(19)20/h5-9H,3-4H2,1-2H3,(H,15,16,17). The van der Waals surface area contributed by atoms with Crippen LogP contribution in [0, 0.1) is 10.1 Å². The molecule has 7 nitrogen and oxygen atoms in total. The van der Waals surface area contributed by atoms with E-state index in [2.05, 4.69) is 15.3 Å². The van der Waals surface area contributed by atoms with Gasteiger partial charge in [0.25, 0.3) is 5.69 Å². The minimum atomic E-state index is -0.451. The highest BCUT2D eigenvalue weighted by atomic mass is 16.6. The molecule has 0 fully saturated rings. The van der Waals surface area contributed by atoms with Crippen molar-refractivity contribution in [3.8, 4) is 11.6 Å². The predicted molar refractivity (Wildman–Crippen MR) is 78.7 cm³/mol. The van der Waals surface area contributed by atoms with E-state index in [0.717, 1.165) is 6.54 Å². The summed E-state index contributed by atoms with van der Waals surface area (Å²) in [4.78, 5) is 18.8. The second-order valence-corrected chi connectivity index (χ2v) is 4.24. The Hall–Kier alpha value is -2.70. The average molecular weight is 288 g/mol. The molecular formula is C14H16N4O3. The van der Waals surface area contributed by atoms with Crippen LogP contribution in [-0.4, -0.2) is 21.4 Å². The summed E-state index contributed by atoms with van der Waals surface area (Å²) in [5.74, 6) is 2.27. The summed E-state index contributed by atoms with van der Waals surface area (Å²) in [7, 11) is 0. The minimum Gasteiger partial charge on any atom is -0.439 e. The van der Waals surface area contributed by atoms with Gasteiger partial charge in [-0.15, -0.1) is 0 Å². The van der Waals surface area contributed by atoms with Crippen molar-refractivity contribution >= 4 is 11.5 Å². The summed E-state index contributed by atoms with van der Waals surface area (Å²) in [6.07, 6.45) is 0.690. The first-order valence-corrected chi connectivity index (χ1v) is 6.66. The molecule has 2 rings (SSSR count). The van der Waals surface area contributed by atoms with Crippen LogP contribution in [0.1, 0.15) is 19.7 Å². The molecule has 1 aromatic carbocycles. The Morgan fingerprint density at radius 3 is 2.52 bits per heavy atom. The van der Waals surface area contributed by atoms with Crippen molar-refractivity contribution in [2.75, 3.05) is 11.9 Å². The maximum Gasteiger partial charge on any atom is 0.269 e. The monoisotopic (exact) mass is 288 g/mol. The fraction of sp³-hybridized carbons (Fsp3) is 0.286. The molecule has 1 N–H and O–H groups in total. The van der Waals surface area contributed by atoms with Crippen LogP contribution >= 0.6 is 0 Å². The Labute approximate surface area is 122 Å². The fourth-order valence-corrected chi connectivity index (χ4v) is 1.71. The second kappa shape index (κ2) is 6.65. The number of ether oxygens (including phenoxy) is 1. The van der Waals surface area contributed by atoms with Crippen molar-refractivity contribution in [2.45, 2.75) is 20.3 Å². The van der Waals surface area contributed by atoms with E-state index in [1.165, 1.54) is 12.1 Å². The topological polar surface area (TPSA) is 90.2 Å². The van der Waals surface area contributed by atoms with E-state index in [-0.39, 0.29) is 5.69 Å². The van der Waals surface area contributed by atoms with E-state index in [1.807, 2.05) is 13.8 Å². The number of rotatable bonds is 6. The molecule has 110 valence electrons. The van der Waals surface area contributed by atoms with Gasteiger partial charge < -0.3 is 10.1 Å². The van der Waals surface area contributed by atoms with Gasteiger partial charge in [-0.2, -0.15) is 4.98 Å². The van der Waals surface area contributed by atoms with Crippen LogP contribution in [0.15, 0.2) is 30.3 Å². The molecule has 2 aromatic rings. The molecule has 0 unspecified atom stereocenters. The smallest absolute Gasteiger partial charge is 0.269 e. The lowest BCUT2D eigenvalue weighted by Crippen LogP contribution is -2.04. The van der Waals surface area contributed by atoms with Crippen molar-refractivity contribution in [2.24, 2.45) is 0 Å². The van der Waals surface area contributed by atoms with E-state index in [9.17, 15) is 10.1 Å². The molecule has 1 heterocycles. The summed E-state index contributed by atoms with van der Waals surface area (Å²) in [5.41, 5.74) is 0.0209. The maximum absolute atomic E-state index is 10.6. The number of benzene rings is 1. The van der Waals surface area contributed by atoms with Crippen molar-refractivity contribution in [3.63, 3.8) is 0 Å². The maximum atomic E-state index is 10.6. The number of aryl methyl sites for hydroxylation is 1. The van der Waals surface area contributed by atoms with E-state index in [0.29, 0.717) is 29.7 Å². The highest BCUT2D eigenvalue weighted by Crippen LogP contribution is 2.24. The van der Waals surface area contributed by atoms with Gasteiger partial charge in [0.05, 0.1) is 4.92 Å². The molecule has 0 bridgehead atoms. The molecular weight excluding hydrogens is 272 g/mol. The molecule has 0 aliphatic heterocycles. The number of nitrogens with one attached hydrogen (secondary N) is 1. The van der Waals surface area contributed by atoms with Gasteiger partial charge in [0, 0.05) is 31.2 Å². The van der Waals surface area contributed by atoms with Gasteiger partial charge in [0.2, 0.25) is 5.88 Å². The number of nitrogens with zero attached hydrogens (tertiary/aromatic N) is 3. The second-order valence-electron chi connectivity index (χ2n) is 4.24. The number of anilines is 1. The van der Waals surface area contributed by atoms with Crippen LogP contribution in [0.3, 0.4) is 0 Å². The highest BCUT2D eigenvalue weighted by Gasteiger charge is 2.08. The number of non-ortho nitro benzene ring substituents is 1. The van der Waals surface area contributed by atoms with Crippen molar-refractivity contribution in [1.82, 2.24) is 9.97 Å². The molecule has 0 atom stereocenters. The Bertz CT molecular complexity index is 629. The van der Waals surface area contributed by atoms with Crippen LogP contribution < -0.4 is 10.1 Å². The van der Waals surface area contributed by atoms with Crippen LogP contribution in [0.5, 0.6) is 11.6 Å². The van der Waals surface area contributed by atoms with Crippen LogP contribution in [0.4, 0.5) is 11.5 Å². The Morgan fingerprint density at radius 2 is 1.95 bits per heavy atom. The van der Waals surface area contributed by atoms with Gasteiger partial charge in [-0.3, -0.25) is 10.1 Å². The summed E-state index contributed by atoms with van der Waals surface area (Å²) in [5, 5.41) is 13.7. The van der Waals surface area contributed by atoms with Crippen LogP contribution in [0.25, 0.3) is 0 Å². The quantitative estimate of drug-likeness (QED) is 0.648. The minimum absolute atomic E-state index is 0.0209. The van der Waals surface area contributed by atoms with E-state index >= 15 is 0 Å². The lowest BCUT2D eigenvalue weighted by Gasteiger charge is -2.09. The first kappa shape index (κ1) is 14.7. The van der Waals surface area contributed by atoms with Crippen molar-refractivity contribution < 1.29 is 9.66 Å². The molecule has 0 saturated carbocycles. The van der Waals surface area contributed by atoms with Gasteiger partial charge in [-0.1, -0.05) is 6.92 Å². The van der Waals surface area contributed by atoms with Gasteiger partial charge in [-0.25, -0.2) is 4.98 Å². The molecule has 0 spiro atoms. The fourth-order valence-electron chi connectivity index (χ4n) is 1.71. The largest absolute Gasteiger partial charge is 0.439 e. The molecule has 0 saturated heterocycles. The molecule has 1 aromatic heterocycles. The van der Waals surface area contributed by atoms with Gasteiger partial charge in [-0.05, 0) is 19.1 Å². The Balaban J connectivity index is 2.21. The number of nitro benzene ring substituents is 1. The van der Waals surface area contributed by atoms with Crippen LogP contribution in [-0.2, 0) is 6.42 Å². The zero-order chi connectivity index (χ0) is 15.2. The Kier molecular flexibility index (Phi) is 4.65. The van der Waals surface area contributed by atoms with E-state index < -0.39 is 4.92 Å². The van der Waals surface area contributed by atoms with Gasteiger partial charge in [0.1, 0.15) is 17.4 Å². The Morgan fingerprint density at radius 1 is 1.24 bits per heavy atom. The summed E-state index contributed by atoms with van der Waals surface area (Å²) < 4.78 is 5.63. The number of nitro groups is 1. The summed E-state index contributed by atoms with van der Waals surface area (Å²) in [6.45, 7) is 4.68. The van der Waals surface area contributed by atoms with E-state index in [4.69, 9.17) is 4.74 Å². The zero-order valence-electron chi connectivity index (χ0n) is 11.9. The van der Waals surface area contributed by atoms with Crippen LogP contribution in [0.2, 0.25) is 0 Å². The summed E-state index contributed by atoms with van der Waals surface area (Å²) >= 11 is 0. The molecule has 21 heavy (non-hydrogen) atoms. The van der Waals surface area contributed by atoms with Gasteiger partial charge >= 0.3 is 0 Å². The normalized spacial score (nSPS) is 10.2.